The number of aromatic nitrogens is 1. The van der Waals surface area contributed by atoms with Crippen molar-refractivity contribution in [2.45, 2.75) is 24.8 Å². The molecule has 2 unspecified atom stereocenters. The van der Waals surface area contributed by atoms with Crippen LogP contribution >= 0.6 is 11.6 Å². The molecule has 1 aromatic heterocycles. The Balaban J connectivity index is 2.02. The Labute approximate surface area is 127 Å². The summed E-state index contributed by atoms with van der Waals surface area (Å²) in [5.41, 5.74) is 0.881. The molecule has 2 rings (SSSR count). The molecule has 114 valence electrons. The minimum atomic E-state index is -3.62. The molecule has 0 saturated carbocycles. The van der Waals surface area contributed by atoms with Crippen LogP contribution in [-0.2, 0) is 15.8 Å². The molecule has 0 spiro atoms. The van der Waals surface area contributed by atoms with Gasteiger partial charge < -0.3 is 9.63 Å². The number of aliphatic hydroxyl groups excluding tert-OH is 1. The van der Waals surface area contributed by atoms with Crippen LogP contribution in [0.3, 0.4) is 0 Å². The molecular formula is C13H15ClN2O4S. The Bertz CT molecular complexity index is 671. The van der Waals surface area contributed by atoms with Crippen LogP contribution in [0.25, 0.3) is 0 Å². The van der Waals surface area contributed by atoms with E-state index < -0.39 is 22.2 Å². The second kappa shape index (κ2) is 6.57. The molecule has 1 aromatic carbocycles. The summed E-state index contributed by atoms with van der Waals surface area (Å²) in [7, 11) is -3.62. The highest BCUT2D eigenvalue weighted by molar-refractivity contribution is 7.88. The van der Waals surface area contributed by atoms with Crippen molar-refractivity contribution in [1.82, 2.24) is 9.88 Å². The monoisotopic (exact) mass is 330 g/mol. The number of hydrogen-bond acceptors (Lipinski definition) is 5. The molecule has 0 amide bonds. The molecule has 21 heavy (non-hydrogen) atoms. The normalized spacial score (nSPS) is 14.8. The summed E-state index contributed by atoms with van der Waals surface area (Å²) in [6.45, 7) is 1.58. The fourth-order valence-electron chi connectivity index (χ4n) is 1.84. The van der Waals surface area contributed by atoms with Gasteiger partial charge in [0.15, 0.2) is 0 Å². The number of halogens is 1. The Morgan fingerprint density at radius 2 is 2.00 bits per heavy atom. The molecule has 2 N–H and O–H groups in total. The fourth-order valence-corrected chi connectivity index (χ4v) is 3.29. The minimum Gasteiger partial charge on any atom is -0.387 e. The molecule has 1 heterocycles. The third-order valence-corrected chi connectivity index (χ3v) is 4.54. The predicted molar refractivity (Wildman–Crippen MR) is 78.1 cm³/mol. The number of sulfonamides is 1. The first-order valence-corrected chi connectivity index (χ1v) is 8.23. The minimum absolute atomic E-state index is 0.302. The summed E-state index contributed by atoms with van der Waals surface area (Å²) in [4.78, 5) is 0. The molecule has 8 heteroatoms. The van der Waals surface area contributed by atoms with E-state index in [1.54, 1.807) is 31.2 Å². The lowest BCUT2D eigenvalue weighted by molar-refractivity contribution is 0.146. The van der Waals surface area contributed by atoms with E-state index in [4.69, 9.17) is 11.6 Å². The van der Waals surface area contributed by atoms with Gasteiger partial charge in [-0.15, -0.1) is 0 Å². The summed E-state index contributed by atoms with van der Waals surface area (Å²) in [6.07, 6.45) is 0.325. The van der Waals surface area contributed by atoms with Gasteiger partial charge in [-0.2, -0.15) is 0 Å². The van der Waals surface area contributed by atoms with Crippen LogP contribution in [0.4, 0.5) is 0 Å². The van der Waals surface area contributed by atoms with Crippen molar-refractivity contribution < 1.29 is 18.0 Å². The van der Waals surface area contributed by atoms with Crippen molar-refractivity contribution in [2.75, 3.05) is 0 Å². The summed E-state index contributed by atoms with van der Waals surface area (Å²) >= 11 is 5.77. The maximum absolute atomic E-state index is 12.0. The first kappa shape index (κ1) is 16.0. The zero-order valence-corrected chi connectivity index (χ0v) is 12.8. The molecule has 2 atom stereocenters. The Kier molecular flexibility index (Phi) is 5.00. The highest BCUT2D eigenvalue weighted by Gasteiger charge is 2.23. The molecule has 0 fully saturated rings. The Morgan fingerprint density at radius 1 is 1.33 bits per heavy atom. The van der Waals surface area contributed by atoms with E-state index in [1.807, 2.05) is 0 Å². The molecule has 0 aliphatic carbocycles. The lowest BCUT2D eigenvalue weighted by atomic mass is 10.0. The van der Waals surface area contributed by atoms with Crippen LogP contribution in [0.5, 0.6) is 0 Å². The third-order valence-electron chi connectivity index (χ3n) is 2.88. The Hall–Kier alpha value is -1.41. The van der Waals surface area contributed by atoms with Gasteiger partial charge in [-0.25, -0.2) is 13.1 Å². The smallest absolute Gasteiger partial charge is 0.217 e. The molecule has 0 aliphatic heterocycles. The van der Waals surface area contributed by atoms with Gasteiger partial charge in [-0.05, 0) is 24.6 Å². The van der Waals surface area contributed by atoms with Gasteiger partial charge in [0.2, 0.25) is 10.0 Å². The maximum atomic E-state index is 12.0. The van der Waals surface area contributed by atoms with Crippen molar-refractivity contribution in [1.29, 1.82) is 0 Å². The summed E-state index contributed by atoms with van der Waals surface area (Å²) in [5, 5.41) is 14.3. The summed E-state index contributed by atoms with van der Waals surface area (Å²) < 4.78 is 31.0. The number of benzene rings is 1. The first-order valence-electron chi connectivity index (χ1n) is 6.20. The van der Waals surface area contributed by atoms with Crippen LogP contribution < -0.4 is 4.72 Å². The zero-order valence-electron chi connectivity index (χ0n) is 11.2. The number of nitrogens with one attached hydrogen (secondary N) is 1. The molecule has 0 saturated heterocycles. The van der Waals surface area contributed by atoms with Crippen LogP contribution in [0.1, 0.15) is 24.3 Å². The maximum Gasteiger partial charge on any atom is 0.217 e. The van der Waals surface area contributed by atoms with Crippen LogP contribution in [0, 0.1) is 0 Å². The van der Waals surface area contributed by atoms with E-state index in [1.165, 1.54) is 12.3 Å². The molecular weight excluding hydrogens is 316 g/mol. The van der Waals surface area contributed by atoms with Crippen molar-refractivity contribution in [3.63, 3.8) is 0 Å². The van der Waals surface area contributed by atoms with E-state index in [0.29, 0.717) is 16.3 Å². The van der Waals surface area contributed by atoms with Gasteiger partial charge in [0, 0.05) is 17.1 Å². The average Bonchev–Trinajstić information content (AvgIpc) is 2.90. The second-order valence-corrected chi connectivity index (χ2v) is 6.84. The van der Waals surface area contributed by atoms with Gasteiger partial charge in [-0.3, -0.25) is 0 Å². The van der Waals surface area contributed by atoms with Gasteiger partial charge >= 0.3 is 0 Å². The highest BCUT2D eigenvalue weighted by Crippen LogP contribution is 2.20. The van der Waals surface area contributed by atoms with Crippen LogP contribution in [-0.4, -0.2) is 24.7 Å². The lowest BCUT2D eigenvalue weighted by Crippen LogP contribution is -2.37. The Morgan fingerprint density at radius 3 is 2.57 bits per heavy atom. The standard InChI is InChI=1S/C13H15ClN2O4S/c1-9(13(17)10-2-4-11(14)5-3-10)16-21(18,19)8-12-6-7-20-15-12/h2-7,9,13,16-17H,8H2,1H3. The van der Waals surface area contributed by atoms with E-state index in [-0.39, 0.29) is 5.75 Å². The van der Waals surface area contributed by atoms with Crippen molar-refractivity contribution in [3.05, 3.63) is 52.9 Å². The van der Waals surface area contributed by atoms with Gasteiger partial charge in [0.25, 0.3) is 0 Å². The van der Waals surface area contributed by atoms with Crippen LogP contribution in [0.15, 0.2) is 41.1 Å². The molecule has 0 aliphatic rings. The second-order valence-electron chi connectivity index (χ2n) is 4.65. The number of nitrogens with zero attached hydrogens (tertiary/aromatic N) is 1. The topological polar surface area (TPSA) is 92.4 Å². The first-order chi connectivity index (χ1) is 9.87. The summed E-state index contributed by atoms with van der Waals surface area (Å²) in [5.74, 6) is -0.304. The fraction of sp³-hybridized carbons (Fsp3) is 0.308. The van der Waals surface area contributed by atoms with E-state index in [9.17, 15) is 13.5 Å². The van der Waals surface area contributed by atoms with Gasteiger partial charge in [-0.1, -0.05) is 28.9 Å². The zero-order chi connectivity index (χ0) is 15.5. The molecule has 0 radical (unpaired) electrons. The van der Waals surface area contributed by atoms with E-state index >= 15 is 0 Å². The molecule has 2 aromatic rings. The lowest BCUT2D eigenvalue weighted by Gasteiger charge is -2.20. The molecule has 0 bridgehead atoms. The number of aliphatic hydroxyl groups is 1. The average molecular weight is 331 g/mol. The number of rotatable bonds is 6. The van der Waals surface area contributed by atoms with Crippen LogP contribution in [0.2, 0.25) is 5.02 Å². The van der Waals surface area contributed by atoms with Crippen molar-refractivity contribution in [2.24, 2.45) is 0 Å². The van der Waals surface area contributed by atoms with Crippen molar-refractivity contribution in [3.8, 4) is 0 Å². The summed E-state index contributed by atoms with van der Waals surface area (Å²) in [6, 6.07) is 7.35. The third kappa shape index (κ3) is 4.53. The van der Waals surface area contributed by atoms with Crippen molar-refractivity contribution >= 4 is 21.6 Å². The van der Waals surface area contributed by atoms with E-state index in [0.717, 1.165) is 0 Å². The highest BCUT2D eigenvalue weighted by atomic mass is 35.5. The van der Waals surface area contributed by atoms with E-state index in [2.05, 4.69) is 14.4 Å². The van der Waals surface area contributed by atoms with Gasteiger partial charge in [0.05, 0.1) is 11.8 Å². The SMILES string of the molecule is CC(NS(=O)(=O)Cc1ccon1)C(O)c1ccc(Cl)cc1. The molecule has 6 nitrogen and oxygen atoms in total. The largest absolute Gasteiger partial charge is 0.387 e. The van der Waals surface area contributed by atoms with Gasteiger partial charge in [0.1, 0.15) is 12.0 Å². The quantitative estimate of drug-likeness (QED) is 0.843. The predicted octanol–water partition coefficient (Wildman–Crippen LogP) is 1.87. The number of hydrogen-bond donors (Lipinski definition) is 2.